The van der Waals surface area contributed by atoms with Crippen molar-refractivity contribution < 1.29 is 18.8 Å². The van der Waals surface area contributed by atoms with Gasteiger partial charge in [-0.2, -0.15) is 0 Å². The molecule has 2 aromatic carbocycles. The van der Waals surface area contributed by atoms with E-state index in [1.165, 1.54) is 18.2 Å². The molecule has 0 spiro atoms. The largest absolute Gasteiger partial charge is 0.488 e. The second-order valence-electron chi connectivity index (χ2n) is 4.98. The summed E-state index contributed by atoms with van der Waals surface area (Å²) < 4.78 is 26.8. The van der Waals surface area contributed by atoms with Crippen LogP contribution in [0.5, 0.6) is 0 Å². The molecule has 2 rings (SSSR count). The third-order valence-electron chi connectivity index (χ3n) is 3.22. The molecule has 21 heavy (non-hydrogen) atoms. The minimum absolute atomic E-state index is 0.121. The average Bonchev–Trinajstić information content (AvgIpc) is 2.43. The van der Waals surface area contributed by atoms with E-state index in [2.05, 4.69) is 0 Å². The number of hydrogen-bond acceptors (Lipinski definition) is 3. The number of benzene rings is 2. The summed E-state index contributed by atoms with van der Waals surface area (Å²) in [4.78, 5) is 1.82. The van der Waals surface area contributed by atoms with Crippen LogP contribution in [0.2, 0.25) is 0 Å². The van der Waals surface area contributed by atoms with Crippen LogP contribution in [-0.4, -0.2) is 29.1 Å². The Morgan fingerprint density at radius 1 is 1.00 bits per heavy atom. The topological polar surface area (TPSA) is 43.7 Å². The van der Waals surface area contributed by atoms with Crippen molar-refractivity contribution in [1.29, 1.82) is 0 Å². The van der Waals surface area contributed by atoms with E-state index in [1.54, 1.807) is 25.2 Å². The molecule has 0 aliphatic rings. The number of rotatable bonds is 5. The first-order valence-corrected chi connectivity index (χ1v) is 6.54. The molecule has 0 fully saturated rings. The van der Waals surface area contributed by atoms with Gasteiger partial charge in [0.25, 0.3) is 0 Å². The molecule has 0 saturated heterocycles. The summed E-state index contributed by atoms with van der Waals surface area (Å²) in [5.74, 6) is -0.815. The van der Waals surface area contributed by atoms with E-state index in [9.17, 15) is 18.8 Å². The van der Waals surface area contributed by atoms with Crippen molar-refractivity contribution in [2.45, 2.75) is 13.1 Å². The maximum absolute atomic E-state index is 13.6. The van der Waals surface area contributed by atoms with Gasteiger partial charge >= 0.3 is 7.12 Å². The molecule has 0 saturated carbocycles. The van der Waals surface area contributed by atoms with Gasteiger partial charge in [-0.05, 0) is 36.3 Å². The molecule has 0 radical (unpaired) electrons. The molecule has 110 valence electrons. The normalized spacial score (nSPS) is 11.0. The summed E-state index contributed by atoms with van der Waals surface area (Å²) in [6, 6.07) is 10.3. The third-order valence-corrected chi connectivity index (χ3v) is 3.22. The van der Waals surface area contributed by atoms with Crippen LogP contribution >= 0.6 is 0 Å². The fraction of sp³-hybridized carbons (Fsp3) is 0.200. The van der Waals surface area contributed by atoms with Gasteiger partial charge in [0.05, 0.1) is 0 Å². The molecule has 0 bridgehead atoms. The maximum Gasteiger partial charge on any atom is 0.488 e. The minimum atomic E-state index is -1.74. The van der Waals surface area contributed by atoms with Crippen LogP contribution in [0.3, 0.4) is 0 Å². The molecular weight excluding hydrogens is 275 g/mol. The number of hydrogen-bond donors (Lipinski definition) is 2. The molecule has 0 aliphatic carbocycles. The summed E-state index contributed by atoms with van der Waals surface area (Å²) in [5.41, 5.74) is 1.26. The predicted octanol–water partition coefficient (Wildman–Crippen LogP) is 1.28. The van der Waals surface area contributed by atoms with Gasteiger partial charge in [0.1, 0.15) is 11.6 Å². The van der Waals surface area contributed by atoms with Crippen LogP contribution in [0.15, 0.2) is 42.5 Å². The molecule has 0 heterocycles. The van der Waals surface area contributed by atoms with Crippen molar-refractivity contribution in [3.63, 3.8) is 0 Å². The van der Waals surface area contributed by atoms with E-state index in [4.69, 9.17) is 0 Å². The first kappa shape index (κ1) is 15.6. The fourth-order valence-electron chi connectivity index (χ4n) is 2.21. The van der Waals surface area contributed by atoms with Crippen LogP contribution < -0.4 is 5.46 Å². The van der Waals surface area contributed by atoms with Crippen LogP contribution in [0.4, 0.5) is 8.78 Å². The lowest BCUT2D eigenvalue weighted by Gasteiger charge is -2.19. The molecule has 0 amide bonds. The maximum atomic E-state index is 13.6. The van der Waals surface area contributed by atoms with E-state index in [0.717, 1.165) is 6.07 Å². The molecule has 0 aromatic heterocycles. The van der Waals surface area contributed by atoms with Gasteiger partial charge in [0, 0.05) is 18.7 Å². The van der Waals surface area contributed by atoms with Crippen LogP contribution in [0, 0.1) is 11.6 Å². The highest BCUT2D eigenvalue weighted by molar-refractivity contribution is 6.59. The highest BCUT2D eigenvalue weighted by Crippen LogP contribution is 2.11. The van der Waals surface area contributed by atoms with Crippen molar-refractivity contribution in [2.75, 3.05) is 7.05 Å². The Balaban J connectivity index is 2.13. The molecule has 0 atom stereocenters. The van der Waals surface area contributed by atoms with Gasteiger partial charge in [0.15, 0.2) is 0 Å². The van der Waals surface area contributed by atoms with E-state index >= 15 is 0 Å². The lowest BCUT2D eigenvalue weighted by molar-refractivity contribution is 0.313. The zero-order chi connectivity index (χ0) is 15.4. The Hall–Kier alpha value is -1.76. The van der Waals surface area contributed by atoms with Gasteiger partial charge < -0.3 is 10.0 Å². The van der Waals surface area contributed by atoms with Crippen molar-refractivity contribution >= 4 is 12.6 Å². The fourth-order valence-corrected chi connectivity index (χ4v) is 2.21. The molecular formula is C15H16BF2NO2. The second kappa shape index (κ2) is 6.80. The first-order valence-electron chi connectivity index (χ1n) is 6.54. The lowest BCUT2D eigenvalue weighted by Crippen LogP contribution is -2.35. The lowest BCUT2D eigenvalue weighted by atomic mass is 9.77. The average molecular weight is 291 g/mol. The van der Waals surface area contributed by atoms with Crippen molar-refractivity contribution in [2.24, 2.45) is 0 Å². The standard InChI is InChI=1S/C15H16BF2NO2/c1-19(10-12-4-2-3-5-15(12)18)9-11-6-7-13(17)8-14(11)16(20)21/h2-8,20-21H,9-10H2,1H3. The smallest absolute Gasteiger partial charge is 0.423 e. The van der Waals surface area contributed by atoms with Gasteiger partial charge in [-0.3, -0.25) is 4.90 Å². The first-order chi connectivity index (χ1) is 9.97. The SMILES string of the molecule is CN(Cc1ccccc1F)Cc1ccc(F)cc1B(O)O. The molecule has 2 aromatic rings. The Labute approximate surface area is 122 Å². The van der Waals surface area contributed by atoms with E-state index in [0.29, 0.717) is 24.2 Å². The highest BCUT2D eigenvalue weighted by Gasteiger charge is 2.18. The Morgan fingerprint density at radius 2 is 1.67 bits per heavy atom. The van der Waals surface area contributed by atoms with Gasteiger partial charge in [-0.15, -0.1) is 0 Å². The Morgan fingerprint density at radius 3 is 2.33 bits per heavy atom. The second-order valence-corrected chi connectivity index (χ2v) is 4.98. The minimum Gasteiger partial charge on any atom is -0.423 e. The molecule has 0 aliphatic heterocycles. The van der Waals surface area contributed by atoms with Crippen molar-refractivity contribution in [1.82, 2.24) is 4.90 Å². The zero-order valence-corrected chi connectivity index (χ0v) is 11.6. The number of halogens is 2. The third kappa shape index (κ3) is 4.11. The number of nitrogens with zero attached hydrogens (tertiary/aromatic N) is 1. The van der Waals surface area contributed by atoms with Crippen molar-refractivity contribution in [3.8, 4) is 0 Å². The summed E-state index contributed by atoms with van der Waals surface area (Å²) >= 11 is 0. The predicted molar refractivity (Wildman–Crippen MR) is 77.8 cm³/mol. The van der Waals surface area contributed by atoms with Crippen LogP contribution in [0.1, 0.15) is 11.1 Å². The molecule has 6 heteroatoms. The van der Waals surface area contributed by atoms with E-state index in [1.807, 2.05) is 4.90 Å². The summed E-state index contributed by atoms with van der Waals surface area (Å²) in [5, 5.41) is 18.6. The summed E-state index contributed by atoms with van der Waals surface area (Å²) in [6.45, 7) is 0.715. The van der Waals surface area contributed by atoms with E-state index < -0.39 is 12.9 Å². The highest BCUT2D eigenvalue weighted by atomic mass is 19.1. The van der Waals surface area contributed by atoms with E-state index in [-0.39, 0.29) is 11.3 Å². The zero-order valence-electron chi connectivity index (χ0n) is 11.6. The summed E-state index contributed by atoms with van der Waals surface area (Å²) in [7, 11) is 0.0427. The van der Waals surface area contributed by atoms with Gasteiger partial charge in [-0.25, -0.2) is 8.78 Å². The summed E-state index contributed by atoms with van der Waals surface area (Å²) in [6.07, 6.45) is 0. The van der Waals surface area contributed by atoms with Gasteiger partial charge in [-0.1, -0.05) is 24.3 Å². The monoisotopic (exact) mass is 291 g/mol. The quantitative estimate of drug-likeness (QED) is 0.816. The van der Waals surface area contributed by atoms with Crippen LogP contribution in [-0.2, 0) is 13.1 Å². The molecule has 2 N–H and O–H groups in total. The van der Waals surface area contributed by atoms with Crippen molar-refractivity contribution in [3.05, 3.63) is 65.2 Å². The van der Waals surface area contributed by atoms with Crippen LogP contribution in [0.25, 0.3) is 0 Å². The Bertz CT molecular complexity index is 622. The molecule has 3 nitrogen and oxygen atoms in total. The Kier molecular flexibility index (Phi) is 5.06. The van der Waals surface area contributed by atoms with Gasteiger partial charge in [0.2, 0.25) is 0 Å². The molecule has 0 unspecified atom stereocenters.